The van der Waals surface area contributed by atoms with Crippen molar-refractivity contribution in [2.45, 2.75) is 0 Å². The first-order chi connectivity index (χ1) is 10.3. The summed E-state index contributed by atoms with van der Waals surface area (Å²) in [6, 6.07) is 20.1. The van der Waals surface area contributed by atoms with Gasteiger partial charge in [0.25, 0.3) is 0 Å². The summed E-state index contributed by atoms with van der Waals surface area (Å²) in [7, 11) is 3.75. The molecule has 2 aromatic carbocycles. The van der Waals surface area contributed by atoms with Gasteiger partial charge in [-0.15, -0.1) is 0 Å². The molecule has 0 aliphatic rings. The number of ether oxygens (including phenoxy) is 1. The maximum absolute atomic E-state index is 5.60. The van der Waals surface area contributed by atoms with E-state index in [2.05, 4.69) is 10.6 Å². The van der Waals surface area contributed by atoms with Crippen molar-refractivity contribution in [3.8, 4) is 0 Å². The normalized spacial score (nSPS) is 11.9. The molecule has 0 fully saturated rings. The quantitative estimate of drug-likeness (QED) is 0.795. The lowest BCUT2D eigenvalue weighted by molar-refractivity contribution is 0.403. The van der Waals surface area contributed by atoms with E-state index >= 15 is 0 Å². The van der Waals surface area contributed by atoms with E-state index in [1.54, 1.807) is 12.5 Å². The molecule has 0 radical (unpaired) electrons. The molecule has 0 saturated carbocycles. The first-order valence-corrected chi connectivity index (χ1v) is 6.87. The van der Waals surface area contributed by atoms with Crippen LogP contribution in [0.4, 0.5) is 0 Å². The molecule has 2 rings (SSSR count). The molecular formula is C18H20N2O. The Morgan fingerprint density at radius 1 is 0.714 bits per heavy atom. The van der Waals surface area contributed by atoms with Gasteiger partial charge in [0.15, 0.2) is 0 Å². The van der Waals surface area contributed by atoms with Crippen LogP contribution in [0.5, 0.6) is 0 Å². The van der Waals surface area contributed by atoms with Crippen molar-refractivity contribution in [3.63, 3.8) is 0 Å². The molecule has 0 spiro atoms. The van der Waals surface area contributed by atoms with Gasteiger partial charge in [0.1, 0.15) is 12.5 Å². The van der Waals surface area contributed by atoms with E-state index in [0.717, 1.165) is 22.5 Å². The van der Waals surface area contributed by atoms with Crippen LogP contribution in [-0.2, 0) is 4.74 Å². The van der Waals surface area contributed by atoms with Crippen molar-refractivity contribution in [1.82, 2.24) is 10.6 Å². The molecule has 0 bridgehead atoms. The molecule has 2 N–H and O–H groups in total. The van der Waals surface area contributed by atoms with Crippen LogP contribution in [-0.4, -0.2) is 14.1 Å². The summed E-state index contributed by atoms with van der Waals surface area (Å²) in [4.78, 5) is 0. The highest BCUT2D eigenvalue weighted by Crippen LogP contribution is 2.13. The molecule has 3 nitrogen and oxygen atoms in total. The number of hydrogen-bond acceptors (Lipinski definition) is 3. The highest BCUT2D eigenvalue weighted by Gasteiger charge is 1.99. The van der Waals surface area contributed by atoms with Crippen LogP contribution >= 0.6 is 0 Å². The highest BCUT2D eigenvalue weighted by atomic mass is 16.5. The van der Waals surface area contributed by atoms with Gasteiger partial charge in [-0.25, -0.2) is 0 Å². The Morgan fingerprint density at radius 2 is 1.10 bits per heavy atom. The molecule has 0 unspecified atom stereocenters. The summed E-state index contributed by atoms with van der Waals surface area (Å²) in [6.07, 6.45) is 3.41. The minimum Gasteiger partial charge on any atom is -0.468 e. The predicted octanol–water partition coefficient (Wildman–Crippen LogP) is 3.44. The van der Waals surface area contributed by atoms with Gasteiger partial charge in [0.05, 0.1) is 11.4 Å². The van der Waals surface area contributed by atoms with Crippen molar-refractivity contribution in [1.29, 1.82) is 0 Å². The molecule has 0 amide bonds. The van der Waals surface area contributed by atoms with Gasteiger partial charge in [-0.3, -0.25) is 0 Å². The zero-order valence-corrected chi connectivity index (χ0v) is 12.3. The van der Waals surface area contributed by atoms with Crippen LogP contribution in [0.25, 0.3) is 11.4 Å². The van der Waals surface area contributed by atoms with Crippen LogP contribution in [0.2, 0.25) is 0 Å². The minimum absolute atomic E-state index is 0.926. The lowest BCUT2D eigenvalue weighted by atomic mass is 10.2. The first-order valence-electron chi connectivity index (χ1n) is 6.87. The van der Waals surface area contributed by atoms with Crippen molar-refractivity contribution in [3.05, 3.63) is 84.3 Å². The Kier molecular flexibility index (Phi) is 5.47. The Labute approximate surface area is 126 Å². The average molecular weight is 280 g/mol. The maximum Gasteiger partial charge on any atom is 0.114 e. The van der Waals surface area contributed by atoms with Gasteiger partial charge < -0.3 is 15.4 Å². The number of rotatable bonds is 6. The summed E-state index contributed by atoms with van der Waals surface area (Å²) in [5.74, 6) is 0. The molecule has 2 aromatic rings. The third-order valence-corrected chi connectivity index (χ3v) is 3.08. The molecule has 3 heteroatoms. The fourth-order valence-electron chi connectivity index (χ4n) is 1.95. The molecule has 0 saturated heterocycles. The second-order valence-corrected chi connectivity index (χ2v) is 4.43. The molecular weight excluding hydrogens is 260 g/mol. The summed E-state index contributed by atoms with van der Waals surface area (Å²) < 4.78 is 5.60. The standard InChI is InChI=1S/C18H20N2O/c1-19-17(15-9-5-3-6-10-15)13-21-14-18(20-2)16-11-7-4-8-12-16/h3-14,19-20H,1-2H3. The predicted molar refractivity (Wildman–Crippen MR) is 88.0 cm³/mol. The summed E-state index contributed by atoms with van der Waals surface area (Å²) >= 11 is 0. The molecule has 0 aromatic heterocycles. The average Bonchev–Trinajstić information content (AvgIpc) is 2.57. The number of nitrogens with one attached hydrogen (secondary N) is 2. The Balaban J connectivity index is 2.13. The van der Waals surface area contributed by atoms with Crippen LogP contribution in [0.1, 0.15) is 11.1 Å². The van der Waals surface area contributed by atoms with Crippen molar-refractivity contribution >= 4 is 11.4 Å². The van der Waals surface area contributed by atoms with E-state index < -0.39 is 0 Å². The lowest BCUT2D eigenvalue weighted by Crippen LogP contribution is -2.06. The zero-order valence-electron chi connectivity index (χ0n) is 12.3. The topological polar surface area (TPSA) is 33.3 Å². The van der Waals surface area contributed by atoms with Crippen LogP contribution in [0, 0.1) is 0 Å². The largest absolute Gasteiger partial charge is 0.468 e. The van der Waals surface area contributed by atoms with Gasteiger partial charge in [-0.1, -0.05) is 60.7 Å². The summed E-state index contributed by atoms with van der Waals surface area (Å²) in [5.41, 5.74) is 4.02. The first kappa shape index (κ1) is 14.7. The Hall–Kier alpha value is -2.68. The number of hydrogen-bond donors (Lipinski definition) is 2. The van der Waals surface area contributed by atoms with E-state index in [4.69, 9.17) is 4.74 Å². The van der Waals surface area contributed by atoms with Gasteiger partial charge in [-0.2, -0.15) is 0 Å². The van der Waals surface area contributed by atoms with E-state index in [1.165, 1.54) is 0 Å². The van der Waals surface area contributed by atoms with Gasteiger partial charge in [0, 0.05) is 25.2 Å². The maximum atomic E-state index is 5.60. The van der Waals surface area contributed by atoms with Gasteiger partial charge in [-0.05, 0) is 0 Å². The monoisotopic (exact) mass is 280 g/mol. The van der Waals surface area contributed by atoms with Crippen molar-refractivity contribution in [2.75, 3.05) is 14.1 Å². The van der Waals surface area contributed by atoms with E-state index in [-0.39, 0.29) is 0 Å². The fourth-order valence-corrected chi connectivity index (χ4v) is 1.95. The van der Waals surface area contributed by atoms with E-state index in [0.29, 0.717) is 0 Å². The third kappa shape index (κ3) is 4.14. The fraction of sp³-hybridized carbons (Fsp3) is 0.111. The van der Waals surface area contributed by atoms with E-state index in [1.807, 2.05) is 74.8 Å². The van der Waals surface area contributed by atoms with Crippen LogP contribution in [0.3, 0.4) is 0 Å². The molecule has 0 aliphatic carbocycles. The zero-order chi connectivity index (χ0) is 14.9. The van der Waals surface area contributed by atoms with Crippen molar-refractivity contribution in [2.24, 2.45) is 0 Å². The third-order valence-electron chi connectivity index (χ3n) is 3.08. The van der Waals surface area contributed by atoms with Crippen LogP contribution < -0.4 is 10.6 Å². The lowest BCUT2D eigenvalue weighted by Gasteiger charge is -2.08. The SMILES string of the molecule is CNC(=COC=C(NC)c1ccccc1)c1ccccc1. The molecule has 0 aliphatic heterocycles. The second-order valence-electron chi connectivity index (χ2n) is 4.43. The summed E-state index contributed by atoms with van der Waals surface area (Å²) in [5, 5.41) is 6.27. The van der Waals surface area contributed by atoms with E-state index in [9.17, 15) is 0 Å². The summed E-state index contributed by atoms with van der Waals surface area (Å²) in [6.45, 7) is 0. The second kappa shape index (κ2) is 7.80. The number of benzene rings is 2. The molecule has 0 atom stereocenters. The van der Waals surface area contributed by atoms with Gasteiger partial charge >= 0.3 is 0 Å². The van der Waals surface area contributed by atoms with Crippen LogP contribution in [0.15, 0.2) is 73.2 Å². The smallest absolute Gasteiger partial charge is 0.114 e. The molecule has 108 valence electrons. The van der Waals surface area contributed by atoms with Gasteiger partial charge in [0.2, 0.25) is 0 Å². The minimum atomic E-state index is 0.926. The molecule has 0 heterocycles. The van der Waals surface area contributed by atoms with Crippen molar-refractivity contribution < 1.29 is 4.74 Å². The molecule has 21 heavy (non-hydrogen) atoms. The Bertz CT molecular complexity index is 548. The highest BCUT2D eigenvalue weighted by molar-refractivity contribution is 5.64. The Morgan fingerprint density at radius 3 is 1.43 bits per heavy atom.